The van der Waals surface area contributed by atoms with Crippen molar-refractivity contribution in [2.75, 3.05) is 5.32 Å². The lowest BCUT2D eigenvalue weighted by molar-refractivity contribution is -0.141. The smallest absolute Gasteiger partial charge is 0.317 e. The van der Waals surface area contributed by atoms with Crippen molar-refractivity contribution in [2.24, 2.45) is 7.05 Å². The number of hydrogen-bond acceptors (Lipinski definition) is 3. The van der Waals surface area contributed by atoms with Gasteiger partial charge >= 0.3 is 6.18 Å². The Hall–Kier alpha value is -2.23. The van der Waals surface area contributed by atoms with Crippen molar-refractivity contribution < 1.29 is 18.0 Å². The second-order valence-electron chi connectivity index (χ2n) is 6.49. The molecule has 0 saturated heterocycles. The highest BCUT2D eigenvalue weighted by Crippen LogP contribution is 2.36. The SMILES string of the molecule is Cc1nn(Cc2c(Cl)cccc2Cl)c(C)c1NC(=O)c1c(Cl)c(C(F)(F)F)nn1C. The highest BCUT2D eigenvalue weighted by molar-refractivity contribution is 6.36. The molecule has 0 aliphatic rings. The van der Waals surface area contributed by atoms with E-state index in [0.717, 1.165) is 4.68 Å². The van der Waals surface area contributed by atoms with E-state index in [2.05, 4.69) is 15.5 Å². The maximum atomic E-state index is 13.0. The molecule has 3 rings (SSSR count). The van der Waals surface area contributed by atoms with Gasteiger partial charge in [-0.1, -0.05) is 40.9 Å². The number of nitrogens with one attached hydrogen (secondary N) is 1. The van der Waals surface area contributed by atoms with E-state index in [1.54, 1.807) is 36.7 Å². The fourth-order valence-corrected chi connectivity index (χ4v) is 3.83. The molecule has 0 unspecified atom stereocenters. The van der Waals surface area contributed by atoms with E-state index in [9.17, 15) is 18.0 Å². The molecular weight excluding hydrogens is 466 g/mol. The summed E-state index contributed by atoms with van der Waals surface area (Å²) in [5.74, 6) is -0.841. The van der Waals surface area contributed by atoms with Gasteiger partial charge in [0.2, 0.25) is 0 Å². The van der Waals surface area contributed by atoms with Crippen LogP contribution in [0.5, 0.6) is 0 Å². The molecule has 3 aromatic rings. The van der Waals surface area contributed by atoms with Crippen molar-refractivity contribution >= 4 is 46.4 Å². The van der Waals surface area contributed by atoms with Crippen LogP contribution in [0.2, 0.25) is 15.1 Å². The number of aromatic nitrogens is 4. The number of carbonyl (C=O) groups excluding carboxylic acids is 1. The van der Waals surface area contributed by atoms with Gasteiger partial charge in [-0.15, -0.1) is 0 Å². The van der Waals surface area contributed by atoms with E-state index in [1.165, 1.54) is 7.05 Å². The molecule has 0 saturated carbocycles. The van der Waals surface area contributed by atoms with Crippen molar-refractivity contribution in [3.63, 3.8) is 0 Å². The third-order valence-electron chi connectivity index (χ3n) is 4.46. The standard InChI is InChI=1S/C18H15Cl3F3N5O/c1-8-14(9(2)29(26-8)7-10-11(19)5-4-6-12(10)20)25-17(30)15-13(21)16(18(22,23)24)27-28(15)3/h4-6H,7H2,1-3H3,(H,25,30). The second-order valence-corrected chi connectivity index (χ2v) is 7.68. The summed E-state index contributed by atoms with van der Waals surface area (Å²) in [5.41, 5.74) is 0.270. The van der Waals surface area contributed by atoms with Crippen LogP contribution in [0.15, 0.2) is 18.2 Å². The summed E-state index contributed by atoms with van der Waals surface area (Å²) in [6, 6.07) is 5.10. The first-order chi connectivity index (χ1) is 13.9. The fraction of sp³-hybridized carbons (Fsp3) is 0.278. The van der Waals surface area contributed by atoms with E-state index in [-0.39, 0.29) is 6.54 Å². The van der Waals surface area contributed by atoms with Gasteiger partial charge in [0.25, 0.3) is 5.91 Å². The Balaban J connectivity index is 1.92. The summed E-state index contributed by atoms with van der Waals surface area (Å²) < 4.78 is 41.4. The zero-order valence-corrected chi connectivity index (χ0v) is 18.2. The Morgan fingerprint density at radius 1 is 1.13 bits per heavy atom. The molecule has 0 aliphatic heterocycles. The molecule has 0 bridgehead atoms. The number of carbonyl (C=O) groups is 1. The van der Waals surface area contributed by atoms with Crippen molar-refractivity contribution in [1.82, 2.24) is 19.6 Å². The molecule has 0 fully saturated rings. The Bertz CT molecular complexity index is 1120. The van der Waals surface area contributed by atoms with Crippen LogP contribution in [0.4, 0.5) is 18.9 Å². The summed E-state index contributed by atoms with van der Waals surface area (Å²) >= 11 is 18.2. The number of aryl methyl sites for hydroxylation is 2. The lowest BCUT2D eigenvalue weighted by atomic mass is 10.2. The van der Waals surface area contributed by atoms with E-state index in [4.69, 9.17) is 34.8 Å². The average Bonchev–Trinajstić information content (AvgIpc) is 3.08. The van der Waals surface area contributed by atoms with Crippen molar-refractivity contribution in [3.8, 4) is 0 Å². The molecule has 2 aromatic heterocycles. The molecule has 1 amide bonds. The van der Waals surface area contributed by atoms with Crippen molar-refractivity contribution in [2.45, 2.75) is 26.6 Å². The van der Waals surface area contributed by atoms with Crippen LogP contribution >= 0.6 is 34.8 Å². The minimum absolute atomic E-state index is 0.242. The van der Waals surface area contributed by atoms with E-state index >= 15 is 0 Å². The summed E-state index contributed by atoms with van der Waals surface area (Å²) in [7, 11) is 1.21. The van der Waals surface area contributed by atoms with Gasteiger partial charge in [0.1, 0.15) is 10.7 Å². The number of benzene rings is 1. The number of amides is 1. The van der Waals surface area contributed by atoms with Gasteiger partial charge in [0, 0.05) is 22.7 Å². The molecule has 30 heavy (non-hydrogen) atoms. The van der Waals surface area contributed by atoms with E-state index in [0.29, 0.717) is 32.7 Å². The summed E-state index contributed by atoms with van der Waals surface area (Å²) in [6.45, 7) is 3.59. The van der Waals surface area contributed by atoms with Gasteiger partial charge in [0.15, 0.2) is 5.69 Å². The third kappa shape index (κ3) is 4.14. The van der Waals surface area contributed by atoms with Crippen LogP contribution in [-0.4, -0.2) is 25.5 Å². The highest BCUT2D eigenvalue weighted by Gasteiger charge is 2.39. The van der Waals surface area contributed by atoms with E-state index in [1.807, 2.05) is 0 Å². The molecule has 2 heterocycles. The molecule has 0 radical (unpaired) electrons. The van der Waals surface area contributed by atoms with Crippen molar-refractivity contribution in [1.29, 1.82) is 0 Å². The van der Waals surface area contributed by atoms with Crippen LogP contribution < -0.4 is 5.32 Å². The van der Waals surface area contributed by atoms with Gasteiger partial charge in [0.05, 0.1) is 23.6 Å². The first-order valence-electron chi connectivity index (χ1n) is 8.49. The molecular formula is C18H15Cl3F3N5O. The molecule has 0 spiro atoms. The number of alkyl halides is 3. The molecule has 0 aliphatic carbocycles. The minimum atomic E-state index is -4.78. The lowest BCUT2D eigenvalue weighted by Gasteiger charge is -2.10. The maximum absolute atomic E-state index is 13.0. The number of anilines is 1. The van der Waals surface area contributed by atoms with Gasteiger partial charge in [-0.05, 0) is 26.0 Å². The van der Waals surface area contributed by atoms with Gasteiger partial charge < -0.3 is 5.32 Å². The average molecular weight is 481 g/mol. The molecule has 0 atom stereocenters. The Morgan fingerprint density at radius 3 is 2.27 bits per heavy atom. The highest BCUT2D eigenvalue weighted by atomic mass is 35.5. The fourth-order valence-electron chi connectivity index (χ4n) is 2.96. The molecule has 1 aromatic carbocycles. The Labute approximate surface area is 184 Å². The Kier molecular flexibility index (Phi) is 6.08. The number of rotatable bonds is 4. The van der Waals surface area contributed by atoms with Gasteiger partial charge in [-0.25, -0.2) is 0 Å². The topological polar surface area (TPSA) is 64.7 Å². The van der Waals surface area contributed by atoms with E-state index < -0.39 is 28.5 Å². The molecule has 6 nitrogen and oxygen atoms in total. The van der Waals surface area contributed by atoms with Crippen LogP contribution in [0.3, 0.4) is 0 Å². The first-order valence-corrected chi connectivity index (χ1v) is 9.63. The number of nitrogens with zero attached hydrogens (tertiary/aromatic N) is 4. The van der Waals surface area contributed by atoms with Gasteiger partial charge in [-0.3, -0.25) is 14.2 Å². The predicted molar refractivity (Wildman–Crippen MR) is 108 cm³/mol. The van der Waals surface area contributed by atoms with Crippen LogP contribution in [0, 0.1) is 13.8 Å². The number of hydrogen-bond donors (Lipinski definition) is 1. The summed E-state index contributed by atoms with van der Waals surface area (Å²) in [5, 5.41) is 10.4. The monoisotopic (exact) mass is 479 g/mol. The normalized spacial score (nSPS) is 11.8. The van der Waals surface area contributed by atoms with Crippen LogP contribution in [-0.2, 0) is 19.8 Å². The lowest BCUT2D eigenvalue weighted by Crippen LogP contribution is -2.17. The largest absolute Gasteiger partial charge is 0.436 e. The first kappa shape index (κ1) is 22.5. The van der Waals surface area contributed by atoms with Gasteiger partial charge in [-0.2, -0.15) is 23.4 Å². The second kappa shape index (κ2) is 8.13. The van der Waals surface area contributed by atoms with Crippen LogP contribution in [0.1, 0.15) is 33.1 Å². The molecule has 12 heteroatoms. The quantitative estimate of drug-likeness (QED) is 0.535. The molecule has 1 N–H and O–H groups in total. The molecule has 160 valence electrons. The number of halogens is 6. The maximum Gasteiger partial charge on any atom is 0.436 e. The zero-order chi connectivity index (χ0) is 22.4. The minimum Gasteiger partial charge on any atom is -0.317 e. The Morgan fingerprint density at radius 2 is 1.73 bits per heavy atom. The third-order valence-corrected chi connectivity index (χ3v) is 5.53. The van der Waals surface area contributed by atoms with Crippen molar-refractivity contribution in [3.05, 3.63) is 61.6 Å². The summed E-state index contributed by atoms with van der Waals surface area (Å²) in [6.07, 6.45) is -4.78. The zero-order valence-electron chi connectivity index (χ0n) is 15.9. The summed E-state index contributed by atoms with van der Waals surface area (Å²) in [4.78, 5) is 12.7. The predicted octanol–water partition coefficient (Wildman–Crippen LogP) is 5.51. The van der Waals surface area contributed by atoms with Crippen LogP contribution in [0.25, 0.3) is 0 Å².